The molecule has 96 valence electrons. The number of carbonyl (C=O) groups excluding carboxylic acids is 1. The number of rotatable bonds is 7. The Morgan fingerprint density at radius 2 is 2.12 bits per heavy atom. The Hall–Kier alpha value is -1.36. The Morgan fingerprint density at radius 1 is 1.35 bits per heavy atom. The smallest absolute Gasteiger partial charge is 0.221 e. The molecule has 0 aliphatic carbocycles. The number of hydrogen-bond acceptors (Lipinski definition) is 4. The van der Waals surface area contributed by atoms with Crippen molar-refractivity contribution in [2.45, 2.75) is 40.2 Å². The fourth-order valence-corrected chi connectivity index (χ4v) is 1.36. The van der Waals surface area contributed by atoms with E-state index in [9.17, 15) is 4.79 Å². The second-order valence-corrected chi connectivity index (χ2v) is 4.03. The van der Waals surface area contributed by atoms with Gasteiger partial charge < -0.3 is 15.1 Å². The lowest BCUT2D eigenvalue weighted by atomic mass is 10.3. The van der Waals surface area contributed by atoms with Crippen molar-refractivity contribution in [1.82, 2.24) is 15.6 Å². The number of hydrogen-bond donors (Lipinski definition) is 2. The van der Waals surface area contributed by atoms with Gasteiger partial charge in [0, 0.05) is 19.5 Å². The van der Waals surface area contributed by atoms with E-state index < -0.39 is 0 Å². The number of aryl methyl sites for hydroxylation is 2. The van der Waals surface area contributed by atoms with Crippen molar-refractivity contribution in [3.63, 3.8) is 0 Å². The van der Waals surface area contributed by atoms with Crippen LogP contribution in [0.3, 0.4) is 0 Å². The van der Waals surface area contributed by atoms with Crippen LogP contribution in [0.1, 0.15) is 37.1 Å². The Morgan fingerprint density at radius 3 is 2.71 bits per heavy atom. The minimum absolute atomic E-state index is 0.0825. The van der Waals surface area contributed by atoms with E-state index >= 15 is 0 Å². The van der Waals surface area contributed by atoms with Crippen LogP contribution in [0.2, 0.25) is 0 Å². The number of amides is 1. The molecule has 0 radical (unpaired) electrons. The maximum absolute atomic E-state index is 11.3. The summed E-state index contributed by atoms with van der Waals surface area (Å²) in [6.07, 6.45) is 1.45. The monoisotopic (exact) mass is 239 g/mol. The molecule has 0 aliphatic heterocycles. The van der Waals surface area contributed by atoms with Crippen LogP contribution >= 0.6 is 0 Å². The van der Waals surface area contributed by atoms with Gasteiger partial charge in [0.25, 0.3) is 0 Å². The third-order valence-electron chi connectivity index (χ3n) is 2.45. The molecule has 1 aromatic rings. The molecule has 0 saturated carbocycles. The molecule has 0 aliphatic rings. The maximum Gasteiger partial charge on any atom is 0.221 e. The van der Waals surface area contributed by atoms with E-state index in [0.717, 1.165) is 24.4 Å². The van der Waals surface area contributed by atoms with E-state index in [1.807, 2.05) is 20.8 Å². The highest BCUT2D eigenvalue weighted by atomic mass is 16.4. The third-order valence-corrected chi connectivity index (χ3v) is 2.45. The van der Waals surface area contributed by atoms with Gasteiger partial charge in [0.15, 0.2) is 0 Å². The highest BCUT2D eigenvalue weighted by molar-refractivity contribution is 5.75. The molecular weight excluding hydrogens is 218 g/mol. The lowest BCUT2D eigenvalue weighted by molar-refractivity contribution is -0.121. The van der Waals surface area contributed by atoms with E-state index in [2.05, 4.69) is 15.6 Å². The molecule has 0 saturated heterocycles. The lowest BCUT2D eigenvalue weighted by Gasteiger charge is -2.03. The first-order valence-corrected chi connectivity index (χ1v) is 6.03. The van der Waals surface area contributed by atoms with Gasteiger partial charge in [0.2, 0.25) is 11.8 Å². The predicted molar refractivity (Wildman–Crippen MR) is 65.6 cm³/mol. The fourth-order valence-electron chi connectivity index (χ4n) is 1.36. The zero-order valence-electron chi connectivity index (χ0n) is 10.8. The zero-order valence-corrected chi connectivity index (χ0v) is 10.8. The molecule has 0 spiro atoms. The second kappa shape index (κ2) is 7.06. The highest BCUT2D eigenvalue weighted by Crippen LogP contribution is 2.07. The Labute approximate surface area is 102 Å². The molecule has 1 aromatic heterocycles. The molecular formula is C12H21N3O2. The van der Waals surface area contributed by atoms with Crippen LogP contribution < -0.4 is 10.6 Å². The van der Waals surface area contributed by atoms with E-state index in [1.54, 1.807) is 0 Å². The first kappa shape index (κ1) is 13.7. The van der Waals surface area contributed by atoms with Crippen molar-refractivity contribution >= 4 is 5.91 Å². The molecule has 0 atom stereocenters. The number of oxazole rings is 1. The van der Waals surface area contributed by atoms with Crippen LogP contribution in [0, 0.1) is 13.8 Å². The first-order chi connectivity index (χ1) is 8.13. The van der Waals surface area contributed by atoms with Gasteiger partial charge in [-0.05, 0) is 20.3 Å². The van der Waals surface area contributed by atoms with Gasteiger partial charge in [-0.2, -0.15) is 0 Å². The maximum atomic E-state index is 11.3. The zero-order chi connectivity index (χ0) is 12.7. The highest BCUT2D eigenvalue weighted by Gasteiger charge is 2.05. The molecule has 2 N–H and O–H groups in total. The standard InChI is InChI=1S/C12H21N3O2/c1-4-6-14-11(16)5-7-13-8-12-15-9(2)10(3)17-12/h13H,4-8H2,1-3H3,(H,14,16). The molecule has 0 bridgehead atoms. The molecule has 0 aromatic carbocycles. The van der Waals surface area contributed by atoms with E-state index in [4.69, 9.17) is 4.42 Å². The molecule has 0 fully saturated rings. The summed E-state index contributed by atoms with van der Waals surface area (Å²) in [5.41, 5.74) is 0.919. The molecule has 5 nitrogen and oxygen atoms in total. The summed E-state index contributed by atoms with van der Waals surface area (Å²) >= 11 is 0. The summed E-state index contributed by atoms with van der Waals surface area (Å²) in [7, 11) is 0. The van der Waals surface area contributed by atoms with Crippen molar-refractivity contribution < 1.29 is 9.21 Å². The average molecular weight is 239 g/mol. The Bertz CT molecular complexity index is 341. The van der Waals surface area contributed by atoms with Gasteiger partial charge in [-0.25, -0.2) is 4.98 Å². The normalized spacial score (nSPS) is 10.5. The van der Waals surface area contributed by atoms with Crippen LogP contribution in [-0.4, -0.2) is 24.0 Å². The van der Waals surface area contributed by atoms with Crippen LogP contribution in [0.4, 0.5) is 0 Å². The lowest BCUT2D eigenvalue weighted by Crippen LogP contribution is -2.28. The molecule has 1 amide bonds. The third kappa shape index (κ3) is 4.99. The van der Waals surface area contributed by atoms with Gasteiger partial charge in [-0.15, -0.1) is 0 Å². The molecule has 1 rings (SSSR count). The minimum atomic E-state index is 0.0825. The average Bonchev–Trinajstić information content (AvgIpc) is 2.61. The van der Waals surface area contributed by atoms with E-state index in [1.165, 1.54) is 0 Å². The molecule has 5 heteroatoms. The van der Waals surface area contributed by atoms with Crippen molar-refractivity contribution in [3.8, 4) is 0 Å². The summed E-state index contributed by atoms with van der Waals surface area (Å²) in [6, 6.07) is 0. The molecule has 17 heavy (non-hydrogen) atoms. The van der Waals surface area contributed by atoms with E-state index in [0.29, 0.717) is 25.4 Å². The predicted octanol–water partition coefficient (Wildman–Crippen LogP) is 1.30. The van der Waals surface area contributed by atoms with Crippen molar-refractivity contribution in [1.29, 1.82) is 0 Å². The number of carbonyl (C=O) groups is 1. The Kier molecular flexibility index (Phi) is 5.69. The molecule has 0 unspecified atom stereocenters. The van der Waals surface area contributed by atoms with Crippen LogP contribution in [-0.2, 0) is 11.3 Å². The quantitative estimate of drug-likeness (QED) is 0.704. The summed E-state index contributed by atoms with van der Waals surface area (Å²) in [4.78, 5) is 15.5. The van der Waals surface area contributed by atoms with E-state index in [-0.39, 0.29) is 5.91 Å². The van der Waals surface area contributed by atoms with Gasteiger partial charge in [0.05, 0.1) is 12.2 Å². The van der Waals surface area contributed by atoms with Crippen molar-refractivity contribution in [2.24, 2.45) is 0 Å². The van der Waals surface area contributed by atoms with Crippen molar-refractivity contribution in [2.75, 3.05) is 13.1 Å². The largest absolute Gasteiger partial charge is 0.444 e. The summed E-state index contributed by atoms with van der Waals surface area (Å²) in [6.45, 7) is 7.79. The van der Waals surface area contributed by atoms with Gasteiger partial charge in [-0.3, -0.25) is 4.79 Å². The summed E-state index contributed by atoms with van der Waals surface area (Å²) in [5.74, 6) is 1.61. The first-order valence-electron chi connectivity index (χ1n) is 6.03. The van der Waals surface area contributed by atoms with Crippen LogP contribution in [0.15, 0.2) is 4.42 Å². The topological polar surface area (TPSA) is 67.2 Å². The Balaban J connectivity index is 2.14. The number of nitrogens with one attached hydrogen (secondary N) is 2. The van der Waals surface area contributed by atoms with Crippen LogP contribution in [0.5, 0.6) is 0 Å². The summed E-state index contributed by atoms with van der Waals surface area (Å²) < 4.78 is 5.41. The van der Waals surface area contributed by atoms with Crippen molar-refractivity contribution in [3.05, 3.63) is 17.3 Å². The van der Waals surface area contributed by atoms with Gasteiger partial charge in [-0.1, -0.05) is 6.92 Å². The summed E-state index contributed by atoms with van der Waals surface area (Å²) in [5, 5.41) is 5.96. The van der Waals surface area contributed by atoms with Gasteiger partial charge >= 0.3 is 0 Å². The number of nitrogens with zero attached hydrogens (tertiary/aromatic N) is 1. The SMILES string of the molecule is CCCNC(=O)CCNCc1nc(C)c(C)o1. The fraction of sp³-hybridized carbons (Fsp3) is 0.667. The molecule has 1 heterocycles. The minimum Gasteiger partial charge on any atom is -0.444 e. The van der Waals surface area contributed by atoms with Gasteiger partial charge in [0.1, 0.15) is 5.76 Å². The van der Waals surface area contributed by atoms with Crippen LogP contribution in [0.25, 0.3) is 0 Å². The number of aromatic nitrogens is 1. The second-order valence-electron chi connectivity index (χ2n) is 4.03.